The van der Waals surface area contributed by atoms with Crippen molar-refractivity contribution in [2.75, 3.05) is 26.3 Å². The summed E-state index contributed by atoms with van der Waals surface area (Å²) in [5.41, 5.74) is 0. The Kier molecular flexibility index (Phi) is 3.24. The summed E-state index contributed by atoms with van der Waals surface area (Å²) >= 11 is 0. The van der Waals surface area contributed by atoms with Crippen LogP contribution in [-0.4, -0.2) is 38.3 Å². The number of aliphatic imine (C=N–C) groups is 1. The van der Waals surface area contributed by atoms with E-state index in [9.17, 15) is 0 Å². The third kappa shape index (κ3) is 2.61. The van der Waals surface area contributed by atoms with Gasteiger partial charge in [0.2, 0.25) is 0 Å². The van der Waals surface area contributed by atoms with Crippen molar-refractivity contribution in [3.63, 3.8) is 0 Å². The second-order valence-corrected chi connectivity index (χ2v) is 4.18. The molecule has 2 heterocycles. The van der Waals surface area contributed by atoms with Crippen molar-refractivity contribution >= 4 is 5.96 Å². The van der Waals surface area contributed by atoms with Gasteiger partial charge < -0.3 is 15.4 Å². The van der Waals surface area contributed by atoms with Gasteiger partial charge in [0, 0.05) is 25.8 Å². The molecule has 2 atom stereocenters. The van der Waals surface area contributed by atoms with Gasteiger partial charge in [-0.15, -0.1) is 0 Å². The van der Waals surface area contributed by atoms with Crippen LogP contribution in [0.4, 0.5) is 0 Å². The van der Waals surface area contributed by atoms with Crippen molar-refractivity contribution in [1.29, 1.82) is 0 Å². The van der Waals surface area contributed by atoms with Crippen LogP contribution < -0.4 is 10.6 Å². The predicted octanol–water partition coefficient (Wildman–Crippen LogP) is 0.350. The van der Waals surface area contributed by atoms with Gasteiger partial charge in [-0.1, -0.05) is 0 Å². The predicted molar refractivity (Wildman–Crippen MR) is 56.4 cm³/mol. The summed E-state index contributed by atoms with van der Waals surface area (Å²) in [5.74, 6) is 1.72. The van der Waals surface area contributed by atoms with Crippen LogP contribution >= 0.6 is 0 Å². The molecule has 4 heteroatoms. The molecule has 4 nitrogen and oxygen atoms in total. The Morgan fingerprint density at radius 2 is 2.57 bits per heavy atom. The molecular weight excluding hydrogens is 178 g/mol. The van der Waals surface area contributed by atoms with E-state index in [0.717, 1.165) is 38.2 Å². The van der Waals surface area contributed by atoms with E-state index in [1.54, 1.807) is 0 Å². The van der Waals surface area contributed by atoms with E-state index in [4.69, 9.17) is 4.74 Å². The fraction of sp³-hybridized carbons (Fsp3) is 0.900. The Morgan fingerprint density at radius 1 is 1.64 bits per heavy atom. The number of nitrogens with one attached hydrogen (secondary N) is 2. The summed E-state index contributed by atoms with van der Waals surface area (Å²) in [5, 5.41) is 6.61. The largest absolute Gasteiger partial charge is 0.381 e. The van der Waals surface area contributed by atoms with E-state index in [1.807, 2.05) is 0 Å². The topological polar surface area (TPSA) is 45.7 Å². The van der Waals surface area contributed by atoms with Crippen LogP contribution in [0.5, 0.6) is 0 Å². The molecule has 0 aromatic heterocycles. The first kappa shape index (κ1) is 9.77. The van der Waals surface area contributed by atoms with Gasteiger partial charge in [0.25, 0.3) is 0 Å². The van der Waals surface area contributed by atoms with E-state index in [0.29, 0.717) is 6.04 Å². The second-order valence-electron chi connectivity index (χ2n) is 4.18. The second kappa shape index (κ2) is 4.64. The number of ether oxygens (including phenoxy) is 1. The fourth-order valence-electron chi connectivity index (χ4n) is 1.87. The van der Waals surface area contributed by atoms with Crippen LogP contribution in [0.1, 0.15) is 19.8 Å². The quantitative estimate of drug-likeness (QED) is 0.686. The monoisotopic (exact) mass is 197 g/mol. The van der Waals surface area contributed by atoms with E-state index in [-0.39, 0.29) is 0 Å². The van der Waals surface area contributed by atoms with Crippen molar-refractivity contribution in [1.82, 2.24) is 10.6 Å². The summed E-state index contributed by atoms with van der Waals surface area (Å²) < 4.78 is 5.32. The van der Waals surface area contributed by atoms with Gasteiger partial charge in [-0.2, -0.15) is 0 Å². The third-order valence-corrected chi connectivity index (χ3v) is 2.78. The Morgan fingerprint density at radius 3 is 3.21 bits per heavy atom. The lowest BCUT2D eigenvalue weighted by Crippen LogP contribution is -2.38. The van der Waals surface area contributed by atoms with Crippen LogP contribution in [0.25, 0.3) is 0 Å². The smallest absolute Gasteiger partial charge is 0.191 e. The van der Waals surface area contributed by atoms with Gasteiger partial charge in [0.05, 0.1) is 6.54 Å². The third-order valence-electron chi connectivity index (χ3n) is 2.78. The highest BCUT2D eigenvalue weighted by Gasteiger charge is 2.16. The Labute approximate surface area is 85.1 Å². The molecular formula is C10H19N3O. The molecule has 1 saturated heterocycles. The van der Waals surface area contributed by atoms with Gasteiger partial charge in [0.1, 0.15) is 0 Å². The summed E-state index contributed by atoms with van der Waals surface area (Å²) in [6, 6.07) is 0.493. The molecule has 80 valence electrons. The van der Waals surface area contributed by atoms with Crippen LogP contribution in [0, 0.1) is 5.92 Å². The molecule has 2 unspecified atom stereocenters. The molecule has 0 amide bonds. The van der Waals surface area contributed by atoms with Crippen LogP contribution in [0.15, 0.2) is 4.99 Å². The van der Waals surface area contributed by atoms with E-state index in [1.165, 1.54) is 12.8 Å². The SMILES string of the molecule is CC1CN=C(NCCC2CCOC2)N1. The Bertz CT molecular complexity index is 211. The molecule has 2 aliphatic heterocycles. The molecule has 2 aliphatic rings. The summed E-state index contributed by atoms with van der Waals surface area (Å²) in [4.78, 5) is 4.34. The van der Waals surface area contributed by atoms with Crippen molar-refractivity contribution in [3.8, 4) is 0 Å². The first-order valence-corrected chi connectivity index (χ1v) is 5.47. The van der Waals surface area contributed by atoms with Crippen molar-refractivity contribution in [3.05, 3.63) is 0 Å². The molecule has 0 saturated carbocycles. The first-order chi connectivity index (χ1) is 6.84. The standard InChI is InChI=1S/C10H19N3O/c1-8-6-12-10(13-8)11-4-2-9-3-5-14-7-9/h8-9H,2-7H2,1H3,(H2,11,12,13). The molecule has 14 heavy (non-hydrogen) atoms. The maximum atomic E-state index is 5.32. The average Bonchev–Trinajstić information content (AvgIpc) is 2.77. The summed E-state index contributed by atoms with van der Waals surface area (Å²) in [6.07, 6.45) is 2.41. The molecule has 0 bridgehead atoms. The van der Waals surface area contributed by atoms with E-state index in [2.05, 4.69) is 22.5 Å². The minimum absolute atomic E-state index is 0.493. The van der Waals surface area contributed by atoms with Gasteiger partial charge in [-0.05, 0) is 25.7 Å². The first-order valence-electron chi connectivity index (χ1n) is 5.47. The summed E-state index contributed by atoms with van der Waals surface area (Å²) in [7, 11) is 0. The highest BCUT2D eigenvalue weighted by atomic mass is 16.5. The van der Waals surface area contributed by atoms with Gasteiger partial charge in [-0.25, -0.2) is 0 Å². The maximum absolute atomic E-state index is 5.32. The van der Waals surface area contributed by atoms with Crippen molar-refractivity contribution < 1.29 is 4.74 Å². The summed E-state index contributed by atoms with van der Waals surface area (Å²) in [6.45, 7) is 5.93. The van der Waals surface area contributed by atoms with Crippen molar-refractivity contribution in [2.45, 2.75) is 25.8 Å². The zero-order valence-electron chi connectivity index (χ0n) is 8.75. The van der Waals surface area contributed by atoms with Crippen LogP contribution in [0.3, 0.4) is 0 Å². The van der Waals surface area contributed by atoms with E-state index < -0.39 is 0 Å². The lowest BCUT2D eigenvalue weighted by molar-refractivity contribution is 0.184. The molecule has 2 N–H and O–H groups in total. The molecule has 0 radical (unpaired) electrons. The van der Waals surface area contributed by atoms with Crippen molar-refractivity contribution in [2.24, 2.45) is 10.9 Å². The lowest BCUT2D eigenvalue weighted by Gasteiger charge is -2.10. The maximum Gasteiger partial charge on any atom is 0.191 e. The highest BCUT2D eigenvalue weighted by Crippen LogP contribution is 2.15. The molecule has 0 aliphatic carbocycles. The van der Waals surface area contributed by atoms with Crippen LogP contribution in [-0.2, 0) is 4.74 Å². The number of rotatable bonds is 3. The average molecular weight is 197 g/mol. The van der Waals surface area contributed by atoms with Gasteiger partial charge in [-0.3, -0.25) is 4.99 Å². The van der Waals surface area contributed by atoms with Gasteiger partial charge in [0.15, 0.2) is 5.96 Å². The molecule has 0 aromatic carbocycles. The highest BCUT2D eigenvalue weighted by molar-refractivity contribution is 5.81. The molecule has 1 fully saturated rings. The molecule has 2 rings (SSSR count). The van der Waals surface area contributed by atoms with E-state index >= 15 is 0 Å². The van der Waals surface area contributed by atoms with Crippen LogP contribution in [0.2, 0.25) is 0 Å². The zero-order chi connectivity index (χ0) is 9.80. The zero-order valence-corrected chi connectivity index (χ0v) is 8.75. The minimum Gasteiger partial charge on any atom is -0.381 e. The number of hydrogen-bond donors (Lipinski definition) is 2. The molecule has 0 spiro atoms. The lowest BCUT2D eigenvalue weighted by atomic mass is 10.1. The Balaban J connectivity index is 1.58. The number of nitrogens with zero attached hydrogens (tertiary/aromatic N) is 1. The molecule has 0 aromatic rings. The Hall–Kier alpha value is -0.770. The van der Waals surface area contributed by atoms with Gasteiger partial charge >= 0.3 is 0 Å². The fourth-order valence-corrected chi connectivity index (χ4v) is 1.87. The minimum atomic E-state index is 0.493. The number of guanidine groups is 1. The number of hydrogen-bond acceptors (Lipinski definition) is 4. The normalized spacial score (nSPS) is 31.4.